The van der Waals surface area contributed by atoms with E-state index in [4.69, 9.17) is 23.7 Å². The number of fused-ring (bicyclic) bond motifs is 3. The Morgan fingerprint density at radius 3 is 2.21 bits per heavy atom. The molecule has 3 fully saturated rings. The van der Waals surface area contributed by atoms with Gasteiger partial charge in [0.1, 0.15) is 0 Å². The van der Waals surface area contributed by atoms with Crippen molar-refractivity contribution in [1.29, 1.82) is 0 Å². The average molecular weight is 399 g/mol. The molecule has 0 bridgehead atoms. The summed E-state index contributed by atoms with van der Waals surface area (Å²) in [5, 5.41) is 0.921. The number of ether oxygens (including phenoxy) is 5. The van der Waals surface area contributed by atoms with Crippen LogP contribution in [0.1, 0.15) is 27.7 Å². The topological polar surface area (TPSA) is 46.2 Å². The first-order valence-corrected chi connectivity index (χ1v) is 10.4. The van der Waals surface area contributed by atoms with Crippen LogP contribution in [0.2, 0.25) is 5.32 Å². The molecule has 1 aromatic carbocycles. The van der Waals surface area contributed by atoms with Gasteiger partial charge in [-0.05, 0) is 0 Å². The van der Waals surface area contributed by atoms with Crippen LogP contribution < -0.4 is 4.46 Å². The van der Waals surface area contributed by atoms with Gasteiger partial charge >= 0.3 is 149 Å². The van der Waals surface area contributed by atoms with E-state index in [0.717, 1.165) is 5.32 Å². The quantitative estimate of drug-likeness (QED) is 0.726. The third-order valence-corrected chi connectivity index (χ3v) is 6.72. The fraction of sp³-hybridized carbons (Fsp3) is 0.667. The van der Waals surface area contributed by atoms with Gasteiger partial charge < -0.3 is 0 Å². The first-order valence-electron chi connectivity index (χ1n) is 8.38. The number of benzene rings is 1. The maximum absolute atomic E-state index is 6.24. The van der Waals surface area contributed by atoms with Crippen molar-refractivity contribution in [2.75, 3.05) is 0 Å². The Morgan fingerprint density at radius 1 is 0.833 bits per heavy atom. The maximum atomic E-state index is 6.24. The van der Waals surface area contributed by atoms with E-state index in [1.54, 1.807) is 0 Å². The van der Waals surface area contributed by atoms with E-state index < -0.39 is 17.9 Å². The minimum atomic E-state index is -0.657. The average Bonchev–Trinajstić information content (AvgIpc) is 3.00. The van der Waals surface area contributed by atoms with Gasteiger partial charge in [0.15, 0.2) is 0 Å². The van der Waals surface area contributed by atoms with Gasteiger partial charge in [0.25, 0.3) is 0 Å². The second-order valence-corrected chi connectivity index (χ2v) is 9.63. The van der Waals surface area contributed by atoms with Crippen molar-refractivity contribution in [2.24, 2.45) is 0 Å². The summed E-state index contributed by atoms with van der Waals surface area (Å²) in [6, 6.07) is 10.5. The van der Waals surface area contributed by atoms with Crippen molar-refractivity contribution < 1.29 is 23.7 Å². The summed E-state index contributed by atoms with van der Waals surface area (Å²) in [5.74, 6) is -1.28. The van der Waals surface area contributed by atoms with Crippen LogP contribution in [-0.2, 0) is 23.7 Å². The number of hydrogen-bond acceptors (Lipinski definition) is 5. The van der Waals surface area contributed by atoms with Gasteiger partial charge in [0, 0.05) is 0 Å². The zero-order valence-corrected chi connectivity index (χ0v) is 16.1. The van der Waals surface area contributed by atoms with Crippen LogP contribution in [0.5, 0.6) is 0 Å². The van der Waals surface area contributed by atoms with Crippen molar-refractivity contribution >= 4 is 19.4 Å². The molecule has 0 aromatic heterocycles. The zero-order chi connectivity index (χ0) is 16.9. The summed E-state index contributed by atoms with van der Waals surface area (Å²) in [7, 11) is 0. The van der Waals surface area contributed by atoms with Gasteiger partial charge in [-0.1, -0.05) is 0 Å². The fourth-order valence-corrected chi connectivity index (χ4v) is 5.57. The Kier molecular flexibility index (Phi) is 4.29. The van der Waals surface area contributed by atoms with Crippen molar-refractivity contribution in [2.45, 2.75) is 75.3 Å². The molecular weight excluding hydrogens is 375 g/mol. The molecule has 0 amide bonds. The number of rotatable bonds is 3. The third kappa shape index (κ3) is 3.29. The molecule has 0 aliphatic carbocycles. The first kappa shape index (κ1) is 17.0. The molecule has 5 nitrogen and oxygen atoms in total. The Balaban J connectivity index is 1.52. The molecule has 3 aliphatic heterocycles. The Morgan fingerprint density at radius 2 is 1.46 bits per heavy atom. The molecule has 24 heavy (non-hydrogen) atoms. The van der Waals surface area contributed by atoms with Crippen LogP contribution in [-0.4, -0.2) is 57.2 Å². The molecular formula is C18H24O5Se. The zero-order valence-electron chi connectivity index (χ0n) is 14.4. The Bertz CT molecular complexity index is 590. The summed E-state index contributed by atoms with van der Waals surface area (Å²) in [6.07, 6.45) is -0.959. The number of hydrogen-bond donors (Lipinski definition) is 0. The summed E-state index contributed by atoms with van der Waals surface area (Å²) >= 11 is 0.314. The predicted octanol–water partition coefficient (Wildman–Crippen LogP) is 1.83. The second-order valence-electron chi connectivity index (χ2n) is 7.33. The first-order chi connectivity index (χ1) is 11.3. The van der Waals surface area contributed by atoms with Gasteiger partial charge in [-0.3, -0.25) is 0 Å². The van der Waals surface area contributed by atoms with E-state index >= 15 is 0 Å². The summed E-state index contributed by atoms with van der Waals surface area (Å²) < 4.78 is 31.9. The van der Waals surface area contributed by atoms with E-state index in [1.807, 2.05) is 33.8 Å². The molecule has 0 N–H and O–H groups in total. The van der Waals surface area contributed by atoms with E-state index in [9.17, 15) is 0 Å². The van der Waals surface area contributed by atoms with E-state index in [0.29, 0.717) is 15.0 Å². The van der Waals surface area contributed by atoms with Gasteiger partial charge in [-0.25, -0.2) is 0 Å². The predicted molar refractivity (Wildman–Crippen MR) is 89.2 cm³/mol. The van der Waals surface area contributed by atoms with Crippen LogP contribution in [0.4, 0.5) is 0 Å². The van der Waals surface area contributed by atoms with Gasteiger partial charge in [-0.2, -0.15) is 0 Å². The Hall–Kier alpha value is -0.461. The van der Waals surface area contributed by atoms with Crippen molar-refractivity contribution in [3.8, 4) is 0 Å². The molecule has 3 saturated heterocycles. The fourth-order valence-electron chi connectivity index (χ4n) is 3.52. The SMILES string of the molecule is CC1(C)O[C@H]2[C@@H](O1)[C@@H](C[Se]c1ccccc1)O[C@@H]1OC(C)(C)O[C@@H]12. The normalized spacial score (nSPS) is 39.4. The standard InChI is InChI=1S/C18H24O5Se/c1-17(2)20-13-12(10-24-11-8-6-5-7-9-11)19-16-15(14(13)21-17)22-18(3,4)23-16/h5-9,12-16H,10H2,1-4H3/t12-,13+,14+,15-,16-/m1/s1. The molecule has 0 spiro atoms. The van der Waals surface area contributed by atoms with Gasteiger partial charge in [-0.15, -0.1) is 0 Å². The van der Waals surface area contributed by atoms with Crippen LogP contribution in [0.15, 0.2) is 30.3 Å². The van der Waals surface area contributed by atoms with E-state index in [-0.39, 0.29) is 24.4 Å². The third-order valence-electron chi connectivity index (χ3n) is 4.41. The van der Waals surface area contributed by atoms with E-state index in [2.05, 4.69) is 24.3 Å². The molecule has 0 radical (unpaired) electrons. The van der Waals surface area contributed by atoms with Crippen LogP contribution >= 0.6 is 0 Å². The van der Waals surface area contributed by atoms with Crippen molar-refractivity contribution in [1.82, 2.24) is 0 Å². The summed E-state index contributed by atoms with van der Waals surface area (Å²) in [5.41, 5.74) is 0. The minimum absolute atomic E-state index is 0.0456. The molecule has 3 aliphatic rings. The molecule has 6 heteroatoms. The molecule has 3 heterocycles. The molecule has 4 rings (SSSR count). The molecule has 5 atom stereocenters. The summed E-state index contributed by atoms with van der Waals surface area (Å²) in [4.78, 5) is 0. The van der Waals surface area contributed by atoms with Crippen LogP contribution in [0.3, 0.4) is 0 Å². The van der Waals surface area contributed by atoms with Crippen molar-refractivity contribution in [3.63, 3.8) is 0 Å². The van der Waals surface area contributed by atoms with Gasteiger partial charge in [0.05, 0.1) is 0 Å². The van der Waals surface area contributed by atoms with Crippen molar-refractivity contribution in [3.05, 3.63) is 30.3 Å². The second kappa shape index (κ2) is 6.06. The molecule has 0 unspecified atom stereocenters. The molecule has 0 saturated carbocycles. The molecule has 132 valence electrons. The Labute approximate surface area is 149 Å². The van der Waals surface area contributed by atoms with Crippen LogP contribution in [0, 0.1) is 0 Å². The summed E-state index contributed by atoms with van der Waals surface area (Å²) in [6.45, 7) is 7.71. The van der Waals surface area contributed by atoms with Gasteiger partial charge in [0.2, 0.25) is 0 Å². The van der Waals surface area contributed by atoms with E-state index in [1.165, 1.54) is 4.46 Å². The molecule has 1 aromatic rings. The van der Waals surface area contributed by atoms with Crippen LogP contribution in [0.25, 0.3) is 0 Å². The monoisotopic (exact) mass is 400 g/mol.